The molecular weight excluding hydrogens is 278 g/mol. The van der Waals surface area contributed by atoms with E-state index in [0.717, 1.165) is 12.5 Å². The van der Waals surface area contributed by atoms with E-state index in [-0.39, 0.29) is 11.6 Å². The zero-order chi connectivity index (χ0) is 15.2. The number of carbonyl (C=O) groups is 1. The molecule has 21 heavy (non-hydrogen) atoms. The van der Waals surface area contributed by atoms with Crippen LogP contribution in [0, 0.1) is 16.0 Å². The Hall–Kier alpha value is -2.41. The van der Waals surface area contributed by atoms with E-state index < -0.39 is 10.9 Å². The summed E-state index contributed by atoms with van der Waals surface area (Å²) in [6, 6.07) is 4.11. The van der Waals surface area contributed by atoms with Crippen LogP contribution in [0.4, 0.5) is 5.69 Å². The highest BCUT2D eigenvalue weighted by molar-refractivity contribution is 5.86. The summed E-state index contributed by atoms with van der Waals surface area (Å²) >= 11 is 0. The third-order valence-electron chi connectivity index (χ3n) is 3.11. The number of hydrogen-bond acceptors (Lipinski definition) is 5. The van der Waals surface area contributed by atoms with Crippen LogP contribution in [0.1, 0.15) is 12.0 Å². The van der Waals surface area contributed by atoms with Gasteiger partial charge in [-0.05, 0) is 18.6 Å². The van der Waals surface area contributed by atoms with Crippen molar-refractivity contribution in [3.8, 4) is 5.75 Å². The predicted octanol–water partition coefficient (Wildman–Crippen LogP) is 2.11. The third kappa shape index (κ3) is 4.28. The second-order valence-electron chi connectivity index (χ2n) is 4.69. The van der Waals surface area contributed by atoms with Crippen molar-refractivity contribution in [3.05, 3.63) is 40.0 Å². The molecule has 7 heteroatoms. The molecule has 1 N–H and O–H groups in total. The molecule has 112 valence electrons. The molecule has 1 heterocycles. The van der Waals surface area contributed by atoms with Crippen LogP contribution in [0.5, 0.6) is 5.75 Å². The van der Waals surface area contributed by atoms with Gasteiger partial charge in [0, 0.05) is 36.3 Å². The summed E-state index contributed by atoms with van der Waals surface area (Å²) in [5, 5.41) is 19.4. The number of nitro benzene ring substituents is 1. The zero-order valence-electron chi connectivity index (χ0n) is 11.2. The molecule has 2 rings (SSSR count). The minimum Gasteiger partial charge on any atom is -0.493 e. The molecule has 0 saturated carbocycles. The minimum absolute atomic E-state index is 0.114. The topological polar surface area (TPSA) is 98.9 Å². The molecule has 1 saturated heterocycles. The largest absolute Gasteiger partial charge is 0.493 e. The Labute approximate surface area is 120 Å². The van der Waals surface area contributed by atoms with Gasteiger partial charge in [-0.15, -0.1) is 0 Å². The number of aliphatic carboxylic acids is 1. The first-order valence-electron chi connectivity index (χ1n) is 6.46. The van der Waals surface area contributed by atoms with E-state index >= 15 is 0 Å². The molecule has 0 aromatic heterocycles. The van der Waals surface area contributed by atoms with Crippen LogP contribution in [-0.2, 0) is 9.53 Å². The summed E-state index contributed by atoms with van der Waals surface area (Å²) in [6.45, 7) is 1.78. The Morgan fingerprint density at radius 3 is 3.00 bits per heavy atom. The average molecular weight is 293 g/mol. The van der Waals surface area contributed by atoms with Gasteiger partial charge < -0.3 is 14.6 Å². The van der Waals surface area contributed by atoms with E-state index in [0.29, 0.717) is 31.1 Å². The van der Waals surface area contributed by atoms with Gasteiger partial charge in [-0.25, -0.2) is 4.79 Å². The molecule has 1 aromatic carbocycles. The number of benzene rings is 1. The number of nitrogens with zero attached hydrogens (tertiary/aromatic N) is 1. The Kier molecular flexibility index (Phi) is 4.89. The van der Waals surface area contributed by atoms with Gasteiger partial charge in [0.25, 0.3) is 5.69 Å². The van der Waals surface area contributed by atoms with Crippen molar-refractivity contribution in [2.75, 3.05) is 19.8 Å². The fourth-order valence-corrected chi connectivity index (χ4v) is 1.99. The first kappa shape index (κ1) is 15.0. The van der Waals surface area contributed by atoms with Gasteiger partial charge in [0.2, 0.25) is 0 Å². The van der Waals surface area contributed by atoms with Crippen LogP contribution >= 0.6 is 0 Å². The number of carboxylic acid groups (broad SMARTS) is 1. The van der Waals surface area contributed by atoms with Gasteiger partial charge in [-0.1, -0.05) is 0 Å². The number of nitro groups is 1. The summed E-state index contributed by atoms with van der Waals surface area (Å²) in [4.78, 5) is 20.8. The standard InChI is InChI=1S/C14H15NO6/c16-14(17)4-1-11-7-12(15(18)19)2-3-13(11)21-9-10-5-6-20-8-10/h1-4,7,10H,5-6,8-9H2,(H,16,17). The SMILES string of the molecule is O=C(O)C=Cc1cc([N+](=O)[O-])ccc1OCC1CCOC1. The smallest absolute Gasteiger partial charge is 0.328 e. The highest BCUT2D eigenvalue weighted by atomic mass is 16.6. The Morgan fingerprint density at radius 2 is 2.38 bits per heavy atom. The van der Waals surface area contributed by atoms with Crippen LogP contribution in [0.15, 0.2) is 24.3 Å². The normalized spacial score (nSPS) is 18.0. The van der Waals surface area contributed by atoms with E-state index in [1.807, 2.05) is 0 Å². The van der Waals surface area contributed by atoms with Crippen molar-refractivity contribution >= 4 is 17.7 Å². The molecule has 7 nitrogen and oxygen atoms in total. The fraction of sp³-hybridized carbons (Fsp3) is 0.357. The van der Waals surface area contributed by atoms with Crippen molar-refractivity contribution in [2.24, 2.45) is 5.92 Å². The van der Waals surface area contributed by atoms with Crippen LogP contribution in [0.25, 0.3) is 6.08 Å². The Morgan fingerprint density at radius 1 is 1.57 bits per heavy atom. The maximum atomic E-state index is 10.8. The second-order valence-corrected chi connectivity index (χ2v) is 4.69. The van der Waals surface area contributed by atoms with Crippen LogP contribution in [0.3, 0.4) is 0 Å². The van der Waals surface area contributed by atoms with E-state index in [4.69, 9.17) is 14.6 Å². The van der Waals surface area contributed by atoms with Gasteiger partial charge in [-0.3, -0.25) is 10.1 Å². The lowest BCUT2D eigenvalue weighted by molar-refractivity contribution is -0.384. The summed E-state index contributed by atoms with van der Waals surface area (Å²) in [5.41, 5.74) is 0.252. The molecule has 0 bridgehead atoms. The van der Waals surface area contributed by atoms with Crippen molar-refractivity contribution in [1.29, 1.82) is 0 Å². The molecule has 1 fully saturated rings. The molecule has 0 amide bonds. The lowest BCUT2D eigenvalue weighted by atomic mass is 10.1. The molecule has 0 spiro atoms. The molecule has 0 radical (unpaired) electrons. The number of carboxylic acids is 1. The highest BCUT2D eigenvalue weighted by Gasteiger charge is 2.17. The van der Waals surface area contributed by atoms with E-state index in [9.17, 15) is 14.9 Å². The Balaban J connectivity index is 2.16. The number of hydrogen-bond donors (Lipinski definition) is 1. The third-order valence-corrected chi connectivity index (χ3v) is 3.11. The lowest BCUT2D eigenvalue weighted by Gasteiger charge is -2.12. The van der Waals surface area contributed by atoms with Crippen LogP contribution in [-0.4, -0.2) is 35.8 Å². The van der Waals surface area contributed by atoms with Crippen molar-refractivity contribution in [2.45, 2.75) is 6.42 Å². The number of rotatable bonds is 6. The van der Waals surface area contributed by atoms with Crippen molar-refractivity contribution < 1.29 is 24.3 Å². The van der Waals surface area contributed by atoms with Gasteiger partial charge in [-0.2, -0.15) is 0 Å². The number of ether oxygens (including phenoxy) is 2. The Bertz CT molecular complexity index is 563. The summed E-state index contributed by atoms with van der Waals surface area (Å²) < 4.78 is 10.9. The molecular formula is C14H15NO6. The van der Waals surface area contributed by atoms with Crippen molar-refractivity contribution in [1.82, 2.24) is 0 Å². The maximum Gasteiger partial charge on any atom is 0.328 e. The number of non-ortho nitro benzene ring substituents is 1. The first-order chi connectivity index (χ1) is 10.1. The minimum atomic E-state index is -1.13. The molecule has 1 aliphatic heterocycles. The van der Waals surface area contributed by atoms with Gasteiger partial charge in [0.05, 0.1) is 18.1 Å². The second kappa shape index (κ2) is 6.85. The lowest BCUT2D eigenvalue weighted by Crippen LogP contribution is -2.12. The van der Waals surface area contributed by atoms with E-state index in [1.165, 1.54) is 24.3 Å². The van der Waals surface area contributed by atoms with Gasteiger partial charge in [0.15, 0.2) is 0 Å². The first-order valence-corrected chi connectivity index (χ1v) is 6.46. The quantitative estimate of drug-likeness (QED) is 0.490. The van der Waals surface area contributed by atoms with Crippen LogP contribution in [0.2, 0.25) is 0 Å². The predicted molar refractivity (Wildman–Crippen MR) is 74.2 cm³/mol. The van der Waals surface area contributed by atoms with Crippen molar-refractivity contribution in [3.63, 3.8) is 0 Å². The molecule has 1 aromatic rings. The van der Waals surface area contributed by atoms with Gasteiger partial charge >= 0.3 is 5.97 Å². The molecule has 0 aliphatic carbocycles. The molecule has 1 atom stereocenters. The monoisotopic (exact) mass is 293 g/mol. The fourth-order valence-electron chi connectivity index (χ4n) is 1.99. The maximum absolute atomic E-state index is 10.8. The summed E-state index contributed by atoms with van der Waals surface area (Å²) in [7, 11) is 0. The van der Waals surface area contributed by atoms with E-state index in [1.54, 1.807) is 0 Å². The molecule has 1 unspecified atom stereocenters. The van der Waals surface area contributed by atoms with Crippen LogP contribution < -0.4 is 4.74 Å². The van der Waals surface area contributed by atoms with Gasteiger partial charge in [0.1, 0.15) is 5.75 Å². The summed E-state index contributed by atoms with van der Waals surface area (Å²) in [5.74, 6) is -0.418. The zero-order valence-corrected chi connectivity index (χ0v) is 11.2. The molecule has 1 aliphatic rings. The van der Waals surface area contributed by atoms with E-state index in [2.05, 4.69) is 0 Å². The average Bonchev–Trinajstić information content (AvgIpc) is 2.96. The highest BCUT2D eigenvalue weighted by Crippen LogP contribution is 2.26. The summed E-state index contributed by atoms with van der Waals surface area (Å²) in [6.07, 6.45) is 3.12.